The van der Waals surface area contributed by atoms with Gasteiger partial charge in [-0.05, 0) is 29.2 Å². The topological polar surface area (TPSA) is 66.4 Å². The molecule has 1 atom stereocenters. The van der Waals surface area contributed by atoms with Gasteiger partial charge in [0.05, 0.1) is 0 Å². The van der Waals surface area contributed by atoms with Crippen LogP contribution in [0.15, 0.2) is 48.6 Å². The van der Waals surface area contributed by atoms with E-state index >= 15 is 0 Å². The molecule has 1 aliphatic carbocycles. The van der Waals surface area contributed by atoms with Gasteiger partial charge in [0.2, 0.25) is 0 Å². The van der Waals surface area contributed by atoms with E-state index in [2.05, 4.69) is 5.32 Å². The van der Waals surface area contributed by atoms with Gasteiger partial charge in [0.15, 0.2) is 17.9 Å². The van der Waals surface area contributed by atoms with E-state index in [9.17, 15) is 18.4 Å². The summed E-state index contributed by atoms with van der Waals surface area (Å²) in [5, 5.41) is 11.2. The van der Waals surface area contributed by atoms with Gasteiger partial charge in [-0.3, -0.25) is 4.79 Å². The van der Waals surface area contributed by atoms with E-state index in [4.69, 9.17) is 5.11 Å². The van der Waals surface area contributed by atoms with Crippen LogP contribution in [0.3, 0.4) is 0 Å². The molecule has 0 heterocycles. The second kappa shape index (κ2) is 5.88. The number of allylic oxidation sites excluding steroid dienone is 1. The Labute approximate surface area is 136 Å². The van der Waals surface area contributed by atoms with Crippen LogP contribution >= 0.6 is 0 Å². The molecule has 6 heteroatoms. The van der Waals surface area contributed by atoms with Crippen molar-refractivity contribution >= 4 is 12.4 Å². The molecule has 0 bridgehead atoms. The number of nitrogens with one attached hydrogen (secondary N) is 1. The van der Waals surface area contributed by atoms with Gasteiger partial charge in [0.25, 0.3) is 0 Å². The fraction of sp³-hybridized carbons (Fsp3) is 0.111. The van der Waals surface area contributed by atoms with Crippen molar-refractivity contribution in [2.24, 2.45) is 0 Å². The Morgan fingerprint density at radius 3 is 2.75 bits per heavy atom. The van der Waals surface area contributed by atoms with Crippen molar-refractivity contribution < 1.29 is 23.5 Å². The molecule has 3 rings (SSSR count). The SMILES string of the molecule is O=C[C@]1(NC(=O)O)C=CCc2cc(-c3cccc(F)c3F)ccc21. The molecule has 0 aliphatic heterocycles. The van der Waals surface area contributed by atoms with Crippen LogP contribution in [0.1, 0.15) is 11.1 Å². The number of carboxylic acid groups (broad SMARTS) is 1. The quantitative estimate of drug-likeness (QED) is 0.670. The summed E-state index contributed by atoms with van der Waals surface area (Å²) in [5.74, 6) is -1.89. The van der Waals surface area contributed by atoms with Gasteiger partial charge in [-0.25, -0.2) is 13.6 Å². The third-order valence-corrected chi connectivity index (χ3v) is 4.03. The molecule has 1 amide bonds. The Kier molecular flexibility index (Phi) is 3.89. The summed E-state index contributed by atoms with van der Waals surface area (Å²) in [5.41, 5.74) is 0.229. The number of hydrogen-bond donors (Lipinski definition) is 2. The Hall–Kier alpha value is -3.02. The van der Waals surface area contributed by atoms with E-state index in [0.717, 1.165) is 6.07 Å². The number of hydrogen-bond acceptors (Lipinski definition) is 2. The smallest absolute Gasteiger partial charge is 0.405 e. The van der Waals surface area contributed by atoms with Gasteiger partial charge in [-0.1, -0.05) is 42.5 Å². The molecule has 2 aromatic carbocycles. The van der Waals surface area contributed by atoms with Crippen molar-refractivity contribution in [3.63, 3.8) is 0 Å². The molecule has 4 nitrogen and oxygen atoms in total. The number of fused-ring (bicyclic) bond motifs is 1. The van der Waals surface area contributed by atoms with Crippen molar-refractivity contribution in [2.75, 3.05) is 0 Å². The van der Waals surface area contributed by atoms with Crippen LogP contribution < -0.4 is 5.32 Å². The highest BCUT2D eigenvalue weighted by atomic mass is 19.2. The number of carbonyl (C=O) groups is 2. The number of halogens is 2. The Morgan fingerprint density at radius 1 is 1.25 bits per heavy atom. The molecule has 0 saturated heterocycles. The molecule has 2 N–H and O–H groups in total. The molecule has 2 aromatic rings. The number of amides is 1. The van der Waals surface area contributed by atoms with Crippen LogP contribution in [0.4, 0.5) is 13.6 Å². The van der Waals surface area contributed by atoms with E-state index in [1.54, 1.807) is 18.2 Å². The maximum atomic E-state index is 14.0. The van der Waals surface area contributed by atoms with Crippen molar-refractivity contribution in [3.8, 4) is 11.1 Å². The summed E-state index contributed by atoms with van der Waals surface area (Å²) in [6.07, 6.45) is 2.78. The second-order valence-electron chi connectivity index (χ2n) is 5.50. The minimum absolute atomic E-state index is 0.107. The molecule has 0 saturated carbocycles. The Morgan fingerprint density at radius 2 is 2.04 bits per heavy atom. The molecule has 0 unspecified atom stereocenters. The zero-order valence-electron chi connectivity index (χ0n) is 12.4. The van der Waals surface area contributed by atoms with E-state index in [1.165, 1.54) is 24.3 Å². The Balaban J connectivity index is 2.11. The summed E-state index contributed by atoms with van der Waals surface area (Å²) in [6, 6.07) is 8.64. The predicted octanol–water partition coefficient (Wildman–Crippen LogP) is 3.41. The summed E-state index contributed by atoms with van der Waals surface area (Å²) >= 11 is 0. The summed E-state index contributed by atoms with van der Waals surface area (Å²) < 4.78 is 27.4. The third kappa shape index (κ3) is 2.56. The first-order chi connectivity index (χ1) is 11.5. The van der Waals surface area contributed by atoms with E-state index < -0.39 is 23.3 Å². The zero-order valence-corrected chi connectivity index (χ0v) is 12.4. The van der Waals surface area contributed by atoms with Gasteiger partial charge < -0.3 is 10.4 Å². The Bertz CT molecular complexity index is 863. The van der Waals surface area contributed by atoms with Crippen molar-refractivity contribution in [3.05, 3.63) is 71.3 Å². The highest BCUT2D eigenvalue weighted by Crippen LogP contribution is 2.33. The predicted molar refractivity (Wildman–Crippen MR) is 83.5 cm³/mol. The van der Waals surface area contributed by atoms with Gasteiger partial charge >= 0.3 is 6.09 Å². The van der Waals surface area contributed by atoms with Crippen LogP contribution in [0.2, 0.25) is 0 Å². The number of aldehydes is 1. The normalized spacial score (nSPS) is 18.8. The number of rotatable bonds is 3. The standard InChI is InChI=1S/C18H13F2NO3/c19-15-5-1-4-13(16(15)20)11-6-7-14-12(9-11)3-2-8-18(14,10-22)21-17(23)24/h1-2,4-10,21H,3H2,(H,23,24)/t18-/m1/s1. The third-order valence-electron chi connectivity index (χ3n) is 4.03. The van der Waals surface area contributed by atoms with E-state index in [0.29, 0.717) is 29.4 Å². The van der Waals surface area contributed by atoms with Crippen molar-refractivity contribution in [1.82, 2.24) is 5.32 Å². The average molecular weight is 329 g/mol. The molecule has 0 fully saturated rings. The summed E-state index contributed by atoms with van der Waals surface area (Å²) in [4.78, 5) is 22.6. The average Bonchev–Trinajstić information content (AvgIpc) is 2.56. The van der Waals surface area contributed by atoms with Crippen LogP contribution in [0.5, 0.6) is 0 Å². The molecule has 122 valence electrons. The van der Waals surface area contributed by atoms with Gasteiger partial charge in [0.1, 0.15) is 5.54 Å². The minimum atomic E-state index is -1.47. The summed E-state index contributed by atoms with van der Waals surface area (Å²) in [7, 11) is 0. The lowest BCUT2D eigenvalue weighted by molar-refractivity contribution is -0.112. The lowest BCUT2D eigenvalue weighted by Gasteiger charge is -2.30. The van der Waals surface area contributed by atoms with Crippen LogP contribution in [0.25, 0.3) is 11.1 Å². The highest BCUT2D eigenvalue weighted by Gasteiger charge is 2.35. The molecule has 0 aromatic heterocycles. The van der Waals surface area contributed by atoms with Crippen LogP contribution in [-0.4, -0.2) is 17.5 Å². The molecule has 24 heavy (non-hydrogen) atoms. The lowest BCUT2D eigenvalue weighted by atomic mass is 9.81. The van der Waals surface area contributed by atoms with Gasteiger partial charge in [-0.2, -0.15) is 0 Å². The van der Waals surface area contributed by atoms with Crippen molar-refractivity contribution in [1.29, 1.82) is 0 Å². The fourth-order valence-corrected chi connectivity index (χ4v) is 2.94. The highest BCUT2D eigenvalue weighted by molar-refractivity contribution is 5.81. The van der Waals surface area contributed by atoms with Gasteiger partial charge in [-0.15, -0.1) is 0 Å². The van der Waals surface area contributed by atoms with E-state index in [-0.39, 0.29) is 5.56 Å². The molecule has 1 aliphatic rings. The number of benzene rings is 2. The zero-order chi connectivity index (χ0) is 17.3. The molecule has 0 radical (unpaired) electrons. The largest absolute Gasteiger partial charge is 0.465 e. The summed E-state index contributed by atoms with van der Waals surface area (Å²) in [6.45, 7) is 0. The van der Waals surface area contributed by atoms with E-state index in [1.807, 2.05) is 0 Å². The van der Waals surface area contributed by atoms with Crippen molar-refractivity contribution in [2.45, 2.75) is 12.0 Å². The maximum Gasteiger partial charge on any atom is 0.405 e. The van der Waals surface area contributed by atoms with Crippen LogP contribution in [0, 0.1) is 11.6 Å². The van der Waals surface area contributed by atoms with Gasteiger partial charge in [0, 0.05) is 5.56 Å². The first-order valence-corrected chi connectivity index (χ1v) is 7.20. The monoisotopic (exact) mass is 329 g/mol. The molecular formula is C18H13F2NO3. The second-order valence-corrected chi connectivity index (χ2v) is 5.50. The molecule has 0 spiro atoms. The fourth-order valence-electron chi connectivity index (χ4n) is 2.94. The van der Waals surface area contributed by atoms with Crippen LogP contribution in [-0.2, 0) is 16.8 Å². The first-order valence-electron chi connectivity index (χ1n) is 7.20. The minimum Gasteiger partial charge on any atom is -0.465 e. The maximum absolute atomic E-state index is 14.0. The molecular weight excluding hydrogens is 316 g/mol. The lowest BCUT2D eigenvalue weighted by Crippen LogP contribution is -2.46. The first kappa shape index (κ1) is 15.9. The number of carbonyl (C=O) groups excluding carboxylic acids is 1.